The molecule has 2 radical (unpaired) electrons. The molecule has 1 unspecified atom stereocenters. The van der Waals surface area contributed by atoms with Gasteiger partial charge in [-0.3, -0.25) is 0 Å². The first-order valence-electron chi connectivity index (χ1n) is 5.52. The van der Waals surface area contributed by atoms with Gasteiger partial charge in [0.05, 0.1) is 18.8 Å². The lowest BCUT2D eigenvalue weighted by atomic mass is 9.86. The highest BCUT2D eigenvalue weighted by Crippen LogP contribution is 2.33. The van der Waals surface area contributed by atoms with Gasteiger partial charge in [-0.05, 0) is 18.1 Å². The zero-order chi connectivity index (χ0) is 12.6. The van der Waals surface area contributed by atoms with E-state index in [0.29, 0.717) is 11.9 Å². The van der Waals surface area contributed by atoms with E-state index in [2.05, 4.69) is 15.9 Å². The maximum atomic E-state index is 9.70. The maximum Gasteiger partial charge on any atom is 0.114 e. The summed E-state index contributed by atoms with van der Waals surface area (Å²) < 4.78 is 6.54. The number of hydrogen-bond acceptors (Lipinski definition) is 3. The molecule has 0 saturated carbocycles. The van der Waals surface area contributed by atoms with Crippen molar-refractivity contribution in [3.63, 3.8) is 0 Å². The Kier molecular flexibility index (Phi) is 3.93. The van der Waals surface area contributed by atoms with E-state index in [-0.39, 0.29) is 12.7 Å². The fraction of sp³-hybridized carbons (Fsp3) is 0.500. The van der Waals surface area contributed by atoms with Crippen LogP contribution in [-0.4, -0.2) is 36.9 Å². The van der Waals surface area contributed by atoms with Crippen LogP contribution in [0, 0.1) is 6.92 Å². The molecular weight excluding hydrogens is 283 g/mol. The summed E-state index contributed by atoms with van der Waals surface area (Å²) >= 11 is 3.42. The molecule has 0 aromatic heterocycles. The minimum absolute atomic E-state index is 0.174. The van der Waals surface area contributed by atoms with Crippen molar-refractivity contribution in [3.8, 4) is 0 Å². The van der Waals surface area contributed by atoms with Gasteiger partial charge in [-0.2, -0.15) is 0 Å². The lowest BCUT2D eigenvalue weighted by Crippen LogP contribution is -2.24. The number of rotatable bonds is 2. The monoisotopic (exact) mass is 296 g/mol. The van der Waals surface area contributed by atoms with Gasteiger partial charge in [-0.25, -0.2) is 0 Å². The topological polar surface area (TPSA) is 49.7 Å². The van der Waals surface area contributed by atoms with Crippen LogP contribution in [0.2, 0.25) is 0 Å². The van der Waals surface area contributed by atoms with Gasteiger partial charge in [0.25, 0.3) is 0 Å². The van der Waals surface area contributed by atoms with Crippen LogP contribution in [0.4, 0.5) is 0 Å². The summed E-state index contributed by atoms with van der Waals surface area (Å²) in [5.41, 5.74) is 2.58. The number of aliphatic hydroxyl groups excluding tert-OH is 2. The fourth-order valence-corrected chi connectivity index (χ4v) is 2.45. The Morgan fingerprint density at radius 1 is 1.53 bits per heavy atom. The average Bonchev–Trinajstić information content (AvgIpc) is 2.65. The summed E-state index contributed by atoms with van der Waals surface area (Å²) in [6, 6.07) is 3.79. The molecule has 0 aliphatic carbocycles. The Balaban J connectivity index is 2.27. The zero-order valence-corrected chi connectivity index (χ0v) is 11.1. The molecule has 90 valence electrons. The van der Waals surface area contributed by atoms with Crippen LogP contribution in [0.5, 0.6) is 0 Å². The maximum absolute atomic E-state index is 9.70. The van der Waals surface area contributed by atoms with Crippen LogP contribution < -0.4 is 5.46 Å². The molecule has 3 nitrogen and oxygen atoms in total. The van der Waals surface area contributed by atoms with Gasteiger partial charge in [0, 0.05) is 10.9 Å². The second-order valence-electron chi connectivity index (χ2n) is 4.38. The van der Waals surface area contributed by atoms with Crippen molar-refractivity contribution in [2.75, 3.05) is 6.61 Å². The van der Waals surface area contributed by atoms with Gasteiger partial charge < -0.3 is 14.9 Å². The Hall–Kier alpha value is -0.355. The summed E-state index contributed by atoms with van der Waals surface area (Å²) in [6.45, 7) is 1.80. The predicted octanol–water partition coefficient (Wildman–Crippen LogP) is 0.735. The molecule has 1 fully saturated rings. The standard InChI is InChI=1S/C12H14BBrO3/c1-6-2-7(8(13)3-9(6)14)11-4-10(16)12(5-15)17-11/h2-3,10-12,15-16H,4-5H2,1H3/t10?,11-,12-/m1/s1. The normalized spacial score (nSPS) is 28.6. The van der Waals surface area contributed by atoms with E-state index in [1.165, 1.54) is 0 Å². The second kappa shape index (κ2) is 5.10. The summed E-state index contributed by atoms with van der Waals surface area (Å²) in [7, 11) is 5.95. The van der Waals surface area contributed by atoms with Crippen molar-refractivity contribution in [1.29, 1.82) is 0 Å². The zero-order valence-electron chi connectivity index (χ0n) is 9.56. The molecule has 5 heteroatoms. The first-order valence-corrected chi connectivity index (χ1v) is 6.32. The summed E-state index contributed by atoms with van der Waals surface area (Å²) in [5, 5.41) is 18.7. The van der Waals surface area contributed by atoms with Crippen LogP contribution in [0.1, 0.15) is 23.7 Å². The highest BCUT2D eigenvalue weighted by atomic mass is 79.9. The van der Waals surface area contributed by atoms with Crippen LogP contribution in [0.25, 0.3) is 0 Å². The van der Waals surface area contributed by atoms with Crippen molar-refractivity contribution in [2.24, 2.45) is 0 Å². The minimum atomic E-state index is -0.631. The molecule has 2 rings (SSSR count). The van der Waals surface area contributed by atoms with Gasteiger partial charge in [0.15, 0.2) is 0 Å². The third-order valence-corrected chi connectivity index (χ3v) is 3.97. The molecule has 0 amide bonds. The Morgan fingerprint density at radius 3 is 2.82 bits per heavy atom. The quantitative estimate of drug-likeness (QED) is 0.791. The fourth-order valence-electron chi connectivity index (χ4n) is 2.09. The molecular formula is C12H14BBrO3. The number of aliphatic hydroxyl groups is 2. The van der Waals surface area contributed by atoms with E-state index in [1.54, 1.807) is 0 Å². The van der Waals surface area contributed by atoms with Crippen molar-refractivity contribution in [3.05, 3.63) is 27.7 Å². The van der Waals surface area contributed by atoms with Gasteiger partial charge in [0.2, 0.25) is 0 Å². The van der Waals surface area contributed by atoms with Gasteiger partial charge >= 0.3 is 0 Å². The van der Waals surface area contributed by atoms with Crippen LogP contribution in [0.3, 0.4) is 0 Å². The summed E-state index contributed by atoms with van der Waals surface area (Å²) in [6.07, 6.45) is -0.915. The lowest BCUT2D eigenvalue weighted by Gasteiger charge is -2.16. The third-order valence-electron chi connectivity index (χ3n) is 3.11. The van der Waals surface area contributed by atoms with Gasteiger partial charge in [0.1, 0.15) is 14.0 Å². The van der Waals surface area contributed by atoms with Crippen molar-refractivity contribution < 1.29 is 14.9 Å². The van der Waals surface area contributed by atoms with Crippen molar-refractivity contribution in [1.82, 2.24) is 0 Å². The van der Waals surface area contributed by atoms with E-state index in [9.17, 15) is 5.11 Å². The highest BCUT2D eigenvalue weighted by molar-refractivity contribution is 9.10. The molecule has 2 N–H and O–H groups in total. The van der Waals surface area contributed by atoms with E-state index in [1.807, 2.05) is 19.1 Å². The Labute approximate surface area is 110 Å². The van der Waals surface area contributed by atoms with Crippen LogP contribution in [0.15, 0.2) is 16.6 Å². The van der Waals surface area contributed by atoms with E-state index < -0.39 is 12.2 Å². The average molecular weight is 297 g/mol. The van der Waals surface area contributed by atoms with Crippen LogP contribution in [-0.2, 0) is 4.74 Å². The van der Waals surface area contributed by atoms with E-state index >= 15 is 0 Å². The number of aryl methyl sites for hydroxylation is 1. The largest absolute Gasteiger partial charge is 0.394 e. The van der Waals surface area contributed by atoms with Gasteiger partial charge in [-0.1, -0.05) is 33.5 Å². The number of ether oxygens (including phenoxy) is 1. The molecule has 3 atom stereocenters. The lowest BCUT2D eigenvalue weighted by molar-refractivity contribution is -0.0223. The Bertz CT molecular complexity index is 424. The van der Waals surface area contributed by atoms with Crippen molar-refractivity contribution >= 4 is 29.2 Å². The first kappa shape index (κ1) is 13.1. The molecule has 1 aromatic rings. The highest BCUT2D eigenvalue weighted by Gasteiger charge is 2.34. The molecule has 1 saturated heterocycles. The summed E-state index contributed by atoms with van der Waals surface area (Å²) in [5.74, 6) is 0. The molecule has 0 spiro atoms. The smallest absolute Gasteiger partial charge is 0.114 e. The van der Waals surface area contributed by atoms with Crippen molar-refractivity contribution in [2.45, 2.75) is 31.7 Å². The second-order valence-corrected chi connectivity index (χ2v) is 5.23. The molecule has 0 bridgehead atoms. The van der Waals surface area contributed by atoms with Gasteiger partial charge in [-0.15, -0.1) is 0 Å². The molecule has 1 heterocycles. The SMILES string of the molecule is [B]c1cc(Br)c(C)cc1[C@H]1CC(O)[C@@H](CO)O1. The van der Waals surface area contributed by atoms with E-state index in [4.69, 9.17) is 17.7 Å². The third kappa shape index (κ3) is 2.57. The molecule has 1 aromatic carbocycles. The summed E-state index contributed by atoms with van der Waals surface area (Å²) in [4.78, 5) is 0. The number of hydrogen-bond donors (Lipinski definition) is 2. The van der Waals surface area contributed by atoms with E-state index in [0.717, 1.165) is 15.6 Å². The van der Waals surface area contributed by atoms with Crippen LogP contribution >= 0.6 is 15.9 Å². The predicted molar refractivity (Wildman–Crippen MR) is 69.6 cm³/mol. The Morgan fingerprint density at radius 2 is 2.24 bits per heavy atom. The first-order chi connectivity index (χ1) is 8.02. The number of benzene rings is 1. The molecule has 1 aliphatic rings. The molecule has 17 heavy (non-hydrogen) atoms. The minimum Gasteiger partial charge on any atom is -0.394 e. The molecule has 1 aliphatic heterocycles. The number of halogens is 1.